The van der Waals surface area contributed by atoms with E-state index < -0.39 is 17.9 Å². The summed E-state index contributed by atoms with van der Waals surface area (Å²) in [7, 11) is 0. The van der Waals surface area contributed by atoms with Gasteiger partial charge in [-0.25, -0.2) is 15.0 Å². The largest absolute Gasteiger partial charge is 0.487 e. The van der Waals surface area contributed by atoms with Crippen molar-refractivity contribution in [3.8, 4) is 11.5 Å². The Morgan fingerprint density at radius 2 is 1.68 bits per heavy atom. The summed E-state index contributed by atoms with van der Waals surface area (Å²) in [5, 5.41) is 10.5. The summed E-state index contributed by atoms with van der Waals surface area (Å²) in [6, 6.07) is 16.9. The highest BCUT2D eigenvalue weighted by Crippen LogP contribution is 2.34. The van der Waals surface area contributed by atoms with Crippen LogP contribution in [-0.4, -0.2) is 49.0 Å². The van der Waals surface area contributed by atoms with Crippen LogP contribution in [0.2, 0.25) is 0 Å². The Hall–Kier alpha value is -4.27. The topological polar surface area (TPSA) is 137 Å². The maximum absolute atomic E-state index is 12.8. The summed E-state index contributed by atoms with van der Waals surface area (Å²) in [4.78, 5) is 37.5. The van der Waals surface area contributed by atoms with Crippen LogP contribution in [0.25, 0.3) is 0 Å². The smallest absolute Gasteiger partial charge is 0.338 e. The molecule has 1 heterocycles. The van der Waals surface area contributed by atoms with E-state index >= 15 is 0 Å². The molecule has 246 valence electrons. The van der Waals surface area contributed by atoms with E-state index in [4.69, 9.17) is 31.2 Å². The Labute approximate surface area is 294 Å². The van der Waals surface area contributed by atoms with Gasteiger partial charge >= 0.3 is 11.9 Å². The Morgan fingerprint density at radius 1 is 0.979 bits per heavy atom. The lowest BCUT2D eigenvalue weighted by molar-refractivity contribution is -0.139. The molecule has 0 saturated carbocycles. The third-order valence-corrected chi connectivity index (χ3v) is 7.90. The maximum Gasteiger partial charge on any atom is 0.338 e. The average Bonchev–Trinajstić information content (AvgIpc) is 3.03. The van der Waals surface area contributed by atoms with Crippen LogP contribution in [0, 0.1) is 0 Å². The van der Waals surface area contributed by atoms with Gasteiger partial charge in [0.25, 0.3) is 5.91 Å². The Balaban J connectivity index is 1.41. The number of allylic oxidation sites excluding steroid dienone is 1. The summed E-state index contributed by atoms with van der Waals surface area (Å²) in [5.41, 5.74) is 5.87. The van der Waals surface area contributed by atoms with E-state index in [2.05, 4.69) is 53.0 Å². The van der Waals surface area contributed by atoms with Gasteiger partial charge in [-0.2, -0.15) is 5.10 Å². The Morgan fingerprint density at radius 3 is 2.40 bits per heavy atom. The number of hydrogen-bond acceptors (Lipinski definition) is 9. The minimum absolute atomic E-state index is 0.211. The first-order chi connectivity index (χ1) is 22.6. The average molecular weight is 789 g/mol. The number of hydrazone groups is 1. The lowest BCUT2D eigenvalue weighted by atomic mass is 9.95. The van der Waals surface area contributed by atoms with Crippen molar-refractivity contribution in [3.05, 3.63) is 103 Å². The minimum Gasteiger partial charge on any atom is -0.487 e. The first-order valence-electron chi connectivity index (χ1n) is 14.5. The van der Waals surface area contributed by atoms with Crippen LogP contribution >= 0.6 is 44.1 Å². The molecule has 14 heteroatoms. The summed E-state index contributed by atoms with van der Waals surface area (Å²) >= 11 is 12.3. The summed E-state index contributed by atoms with van der Waals surface area (Å²) in [6.07, 6.45) is 1.46. The second kappa shape index (κ2) is 17.0. The van der Waals surface area contributed by atoms with Gasteiger partial charge in [0.2, 0.25) is 0 Å². The fourth-order valence-corrected chi connectivity index (χ4v) is 6.19. The SMILES string of the molecule is CCOC(=O)C1=C(C)NC(=S)N[C@H]1c1ccccc1OCC(=O)NN=Cc1cc(Br)cc(Br)c1OCc1ccc(C(=O)OCC)cc1. The van der Waals surface area contributed by atoms with Gasteiger partial charge in [-0.1, -0.05) is 46.3 Å². The molecule has 1 atom stereocenters. The van der Waals surface area contributed by atoms with Gasteiger partial charge < -0.3 is 29.6 Å². The zero-order valence-electron chi connectivity index (χ0n) is 25.7. The van der Waals surface area contributed by atoms with Crippen molar-refractivity contribution >= 4 is 73.3 Å². The number of thiocarbonyl (C=S) groups is 1. The molecule has 4 rings (SSSR count). The summed E-state index contributed by atoms with van der Waals surface area (Å²) < 4.78 is 23.7. The van der Waals surface area contributed by atoms with E-state index in [1.54, 1.807) is 75.4 Å². The molecule has 11 nitrogen and oxygen atoms in total. The number of halogens is 2. The van der Waals surface area contributed by atoms with Crippen molar-refractivity contribution in [2.75, 3.05) is 19.8 Å². The highest BCUT2D eigenvalue weighted by atomic mass is 79.9. The molecular formula is C33H32Br2N4O7S. The van der Waals surface area contributed by atoms with Gasteiger partial charge in [-0.15, -0.1) is 0 Å². The van der Waals surface area contributed by atoms with Gasteiger partial charge in [0.15, 0.2) is 11.7 Å². The molecule has 0 spiro atoms. The maximum atomic E-state index is 12.8. The number of benzene rings is 3. The third-order valence-electron chi connectivity index (χ3n) is 6.63. The predicted molar refractivity (Wildman–Crippen MR) is 187 cm³/mol. The van der Waals surface area contributed by atoms with E-state index in [-0.39, 0.29) is 25.8 Å². The van der Waals surface area contributed by atoms with Crippen LogP contribution in [0.1, 0.15) is 53.9 Å². The molecule has 47 heavy (non-hydrogen) atoms. The second-order valence-corrected chi connectivity index (χ2v) is 12.1. The number of carbonyl (C=O) groups is 3. The van der Waals surface area contributed by atoms with Crippen molar-refractivity contribution in [2.24, 2.45) is 5.10 Å². The van der Waals surface area contributed by atoms with Gasteiger partial charge in [0.05, 0.1) is 41.1 Å². The number of esters is 2. The quantitative estimate of drug-likeness (QED) is 0.0838. The number of nitrogens with zero attached hydrogens (tertiary/aromatic N) is 1. The number of hydrogen-bond donors (Lipinski definition) is 3. The van der Waals surface area contributed by atoms with Gasteiger partial charge in [-0.05, 0) is 84.8 Å². The van der Waals surface area contributed by atoms with Crippen LogP contribution in [-0.2, 0) is 25.7 Å². The second-order valence-electron chi connectivity index (χ2n) is 9.92. The van der Waals surface area contributed by atoms with E-state index in [9.17, 15) is 14.4 Å². The van der Waals surface area contributed by atoms with Crippen molar-refractivity contribution < 1.29 is 33.3 Å². The zero-order chi connectivity index (χ0) is 33.9. The number of carbonyl (C=O) groups excluding carboxylic acids is 3. The molecule has 1 amide bonds. The fourth-order valence-electron chi connectivity index (χ4n) is 4.54. The molecule has 1 aliphatic rings. The van der Waals surface area contributed by atoms with Crippen LogP contribution < -0.4 is 25.5 Å². The predicted octanol–water partition coefficient (Wildman–Crippen LogP) is 5.85. The summed E-state index contributed by atoms with van der Waals surface area (Å²) in [6.45, 7) is 5.60. The first-order valence-corrected chi connectivity index (χ1v) is 16.5. The minimum atomic E-state index is -0.649. The number of ether oxygens (including phenoxy) is 4. The van der Waals surface area contributed by atoms with E-state index in [0.717, 1.165) is 10.0 Å². The number of rotatable bonds is 13. The van der Waals surface area contributed by atoms with Crippen molar-refractivity contribution in [2.45, 2.75) is 33.4 Å². The lowest BCUT2D eigenvalue weighted by Gasteiger charge is -2.30. The highest BCUT2D eigenvalue weighted by molar-refractivity contribution is 9.11. The lowest BCUT2D eigenvalue weighted by Crippen LogP contribution is -2.45. The first kappa shape index (κ1) is 35.6. The van der Waals surface area contributed by atoms with E-state index in [0.29, 0.717) is 55.7 Å². The molecular weight excluding hydrogens is 756 g/mol. The standard InChI is InChI=1S/C33H32Br2N4O7S/c1-4-43-31(41)21-12-10-20(11-13-21)17-46-30-22(14-23(34)15-25(30)35)16-36-39-27(40)18-45-26-9-7-6-8-24(26)29-28(32(42)44-5-2)19(3)37-33(47)38-29/h6-16,29H,4-5,17-18H2,1-3H3,(H,39,40)(H2,37,38,47)/t29-/m0/s1. The molecule has 1 aliphatic heterocycles. The van der Waals surface area contributed by atoms with Crippen LogP contribution in [0.5, 0.6) is 11.5 Å². The van der Waals surface area contributed by atoms with E-state index in [1.807, 2.05) is 6.07 Å². The molecule has 3 N–H and O–H groups in total. The van der Waals surface area contributed by atoms with Gasteiger partial charge in [-0.3, -0.25) is 4.79 Å². The third kappa shape index (κ3) is 9.62. The molecule has 0 radical (unpaired) electrons. The fraction of sp³-hybridized carbons (Fsp3) is 0.242. The zero-order valence-corrected chi connectivity index (χ0v) is 29.7. The van der Waals surface area contributed by atoms with Crippen molar-refractivity contribution in [1.82, 2.24) is 16.1 Å². The number of nitrogens with one attached hydrogen (secondary N) is 3. The molecule has 0 aliphatic carbocycles. The van der Waals surface area contributed by atoms with Crippen molar-refractivity contribution in [1.29, 1.82) is 0 Å². The van der Waals surface area contributed by atoms with Crippen LogP contribution in [0.3, 0.4) is 0 Å². The normalized spacial score (nSPS) is 14.2. The molecule has 3 aromatic carbocycles. The molecule has 3 aromatic rings. The number of amides is 1. The molecule has 0 unspecified atom stereocenters. The van der Waals surface area contributed by atoms with Gasteiger partial charge in [0, 0.05) is 21.3 Å². The Bertz CT molecular complexity index is 1710. The number of para-hydroxylation sites is 1. The molecule has 0 saturated heterocycles. The monoisotopic (exact) mass is 786 g/mol. The van der Waals surface area contributed by atoms with Gasteiger partial charge in [0.1, 0.15) is 18.1 Å². The molecule has 0 bridgehead atoms. The summed E-state index contributed by atoms with van der Waals surface area (Å²) in [5.74, 6) is -0.511. The highest BCUT2D eigenvalue weighted by Gasteiger charge is 2.32. The molecule has 0 fully saturated rings. The van der Waals surface area contributed by atoms with E-state index in [1.165, 1.54) is 6.21 Å². The Kier molecular flexibility index (Phi) is 12.9. The molecule has 0 aromatic heterocycles. The van der Waals surface area contributed by atoms with Crippen LogP contribution in [0.4, 0.5) is 0 Å². The van der Waals surface area contributed by atoms with Crippen LogP contribution in [0.15, 0.2) is 86.0 Å². The van der Waals surface area contributed by atoms with Crippen molar-refractivity contribution in [3.63, 3.8) is 0 Å².